The lowest BCUT2D eigenvalue weighted by molar-refractivity contribution is 0.105. The molecule has 0 atom stereocenters. The number of allylic oxidation sites excluding steroid dienone is 1. The molecule has 2 heterocycles. The Morgan fingerprint density at radius 2 is 2.16 bits per heavy atom. The maximum atomic E-state index is 12.5. The molecule has 0 fully saturated rings. The van der Waals surface area contributed by atoms with Crippen LogP contribution in [0.3, 0.4) is 0 Å². The first kappa shape index (κ1) is 13.8. The number of halogens is 1. The van der Waals surface area contributed by atoms with Crippen LogP contribution in [0.25, 0.3) is 5.57 Å². The van der Waals surface area contributed by atoms with Crippen LogP contribution in [0, 0.1) is 0 Å². The summed E-state index contributed by atoms with van der Waals surface area (Å²) in [5.41, 5.74) is 1.37. The number of ketones is 1. The van der Waals surface area contributed by atoms with Gasteiger partial charge in [0.1, 0.15) is 5.15 Å². The van der Waals surface area contributed by atoms with E-state index in [0.29, 0.717) is 15.6 Å². The Hall–Kier alpha value is -1.65. The first-order chi connectivity index (χ1) is 9.08. The molecule has 19 heavy (non-hydrogen) atoms. The van der Waals surface area contributed by atoms with Crippen molar-refractivity contribution >= 4 is 34.3 Å². The lowest BCUT2D eigenvalue weighted by Crippen LogP contribution is -2.08. The minimum absolute atomic E-state index is 0.00665. The van der Waals surface area contributed by atoms with Crippen LogP contribution >= 0.6 is 22.9 Å². The summed E-state index contributed by atoms with van der Waals surface area (Å²) in [6.45, 7) is 0. The van der Waals surface area contributed by atoms with Crippen molar-refractivity contribution in [2.75, 3.05) is 14.1 Å². The van der Waals surface area contributed by atoms with Crippen molar-refractivity contribution in [3.63, 3.8) is 0 Å². The van der Waals surface area contributed by atoms with Crippen LogP contribution in [-0.2, 0) is 0 Å². The zero-order chi connectivity index (χ0) is 13.8. The third-order valence-electron chi connectivity index (χ3n) is 2.42. The number of pyridine rings is 1. The van der Waals surface area contributed by atoms with Crippen molar-refractivity contribution in [3.05, 3.63) is 57.6 Å². The van der Waals surface area contributed by atoms with Crippen LogP contribution in [-0.4, -0.2) is 29.8 Å². The van der Waals surface area contributed by atoms with Gasteiger partial charge in [0.15, 0.2) is 0 Å². The van der Waals surface area contributed by atoms with Crippen LogP contribution in [0.15, 0.2) is 42.0 Å². The van der Waals surface area contributed by atoms with Crippen molar-refractivity contribution in [1.29, 1.82) is 0 Å². The number of carbonyl (C=O) groups is 1. The molecule has 0 amide bonds. The fourth-order valence-corrected chi connectivity index (χ4v) is 2.39. The Morgan fingerprint density at radius 3 is 2.68 bits per heavy atom. The first-order valence-electron chi connectivity index (χ1n) is 5.66. The van der Waals surface area contributed by atoms with Gasteiger partial charge in [-0.3, -0.25) is 4.79 Å². The molecule has 5 heteroatoms. The molecule has 2 aromatic heterocycles. The molecule has 0 unspecified atom stereocenters. The molecule has 3 nitrogen and oxygen atoms in total. The number of thiophene rings is 1. The van der Waals surface area contributed by atoms with Crippen LogP contribution in [0.5, 0.6) is 0 Å². The SMILES string of the molecule is CN(C)/C=C(\C(=O)c1cccs1)c1ccc(Cl)nc1. The molecule has 2 rings (SSSR count). The summed E-state index contributed by atoms with van der Waals surface area (Å²) in [6, 6.07) is 7.17. The Morgan fingerprint density at radius 1 is 1.37 bits per heavy atom. The molecule has 0 bridgehead atoms. The molecule has 2 aromatic rings. The van der Waals surface area contributed by atoms with Crippen molar-refractivity contribution in [3.8, 4) is 0 Å². The van der Waals surface area contributed by atoms with Gasteiger partial charge in [0.05, 0.1) is 4.88 Å². The fraction of sp³-hybridized carbons (Fsp3) is 0.143. The van der Waals surface area contributed by atoms with E-state index in [9.17, 15) is 4.79 Å². The zero-order valence-electron chi connectivity index (χ0n) is 10.6. The van der Waals surface area contributed by atoms with Gasteiger partial charge >= 0.3 is 0 Å². The molecule has 98 valence electrons. The topological polar surface area (TPSA) is 33.2 Å². The van der Waals surface area contributed by atoms with Crippen molar-refractivity contribution < 1.29 is 4.79 Å². The van der Waals surface area contributed by atoms with E-state index < -0.39 is 0 Å². The van der Waals surface area contributed by atoms with Gasteiger partial charge in [0.25, 0.3) is 0 Å². The number of aromatic nitrogens is 1. The van der Waals surface area contributed by atoms with Gasteiger partial charge in [0.2, 0.25) is 5.78 Å². The third-order valence-corrected chi connectivity index (χ3v) is 3.51. The highest BCUT2D eigenvalue weighted by Crippen LogP contribution is 2.23. The smallest absolute Gasteiger partial charge is 0.205 e. The number of hydrogen-bond acceptors (Lipinski definition) is 4. The maximum Gasteiger partial charge on any atom is 0.205 e. The van der Waals surface area contributed by atoms with Crippen molar-refractivity contribution in [2.45, 2.75) is 0 Å². The van der Waals surface area contributed by atoms with E-state index in [1.165, 1.54) is 11.3 Å². The summed E-state index contributed by atoms with van der Waals surface area (Å²) in [4.78, 5) is 19.1. The minimum atomic E-state index is -0.00665. The van der Waals surface area contributed by atoms with E-state index >= 15 is 0 Å². The molecule has 0 N–H and O–H groups in total. The summed E-state index contributed by atoms with van der Waals surface area (Å²) in [5.74, 6) is -0.00665. The van der Waals surface area contributed by atoms with Crippen LogP contribution in [0.4, 0.5) is 0 Å². The Labute approximate surface area is 121 Å². The van der Waals surface area contributed by atoms with Gasteiger partial charge in [-0.25, -0.2) is 4.98 Å². The van der Waals surface area contributed by atoms with Gasteiger partial charge in [-0.15, -0.1) is 11.3 Å². The van der Waals surface area contributed by atoms with Gasteiger partial charge in [-0.1, -0.05) is 17.7 Å². The quantitative estimate of drug-likeness (QED) is 0.490. The van der Waals surface area contributed by atoms with Crippen LogP contribution < -0.4 is 0 Å². The molecular formula is C14H13ClN2OS. The van der Waals surface area contributed by atoms with Gasteiger partial charge < -0.3 is 4.90 Å². The van der Waals surface area contributed by atoms with Gasteiger partial charge in [-0.05, 0) is 23.6 Å². The Balaban J connectivity index is 2.42. The predicted octanol–water partition coefficient (Wildman–Crippen LogP) is 3.58. The lowest BCUT2D eigenvalue weighted by Gasteiger charge is -2.10. The number of hydrogen-bond donors (Lipinski definition) is 0. The minimum Gasteiger partial charge on any atom is -0.383 e. The highest BCUT2D eigenvalue weighted by atomic mass is 35.5. The molecule has 0 radical (unpaired) electrons. The lowest BCUT2D eigenvalue weighted by atomic mass is 10.0. The number of carbonyl (C=O) groups excluding carboxylic acids is 1. The number of Topliss-reactive ketones (excluding diaryl/α,β-unsaturated/α-hetero) is 1. The second-order valence-corrected chi connectivity index (χ2v) is 5.52. The second kappa shape index (κ2) is 5.99. The van der Waals surface area contributed by atoms with Crippen LogP contribution in [0.1, 0.15) is 15.2 Å². The monoisotopic (exact) mass is 292 g/mol. The normalized spacial score (nSPS) is 11.4. The largest absolute Gasteiger partial charge is 0.383 e. The van der Waals surface area contributed by atoms with Crippen molar-refractivity contribution in [1.82, 2.24) is 9.88 Å². The summed E-state index contributed by atoms with van der Waals surface area (Å²) < 4.78 is 0. The maximum absolute atomic E-state index is 12.5. The third kappa shape index (κ3) is 3.43. The van der Waals surface area contributed by atoms with Crippen LogP contribution in [0.2, 0.25) is 5.15 Å². The number of nitrogens with zero attached hydrogens (tertiary/aromatic N) is 2. The Bertz CT molecular complexity index is 588. The molecule has 0 aliphatic carbocycles. The second-order valence-electron chi connectivity index (χ2n) is 4.18. The molecule has 0 saturated heterocycles. The Kier molecular flexibility index (Phi) is 4.35. The predicted molar refractivity (Wildman–Crippen MR) is 79.6 cm³/mol. The molecule has 0 aromatic carbocycles. The standard InChI is InChI=1S/C14H13ClN2OS/c1-17(2)9-11(10-5-6-13(15)16-8-10)14(18)12-4-3-7-19-12/h3-9H,1-2H3/b11-9-. The van der Waals surface area contributed by atoms with E-state index in [1.807, 2.05) is 36.5 Å². The van der Waals surface area contributed by atoms with E-state index in [4.69, 9.17) is 11.6 Å². The average molecular weight is 293 g/mol. The zero-order valence-corrected chi connectivity index (χ0v) is 12.2. The van der Waals surface area contributed by atoms with E-state index in [-0.39, 0.29) is 5.78 Å². The average Bonchev–Trinajstić information content (AvgIpc) is 2.90. The highest BCUT2D eigenvalue weighted by Gasteiger charge is 2.16. The molecule has 0 saturated carbocycles. The molecule has 0 aliphatic heterocycles. The van der Waals surface area contributed by atoms with Gasteiger partial charge in [0, 0.05) is 37.6 Å². The summed E-state index contributed by atoms with van der Waals surface area (Å²) >= 11 is 7.21. The van der Waals surface area contributed by atoms with Crippen molar-refractivity contribution in [2.24, 2.45) is 0 Å². The highest BCUT2D eigenvalue weighted by molar-refractivity contribution is 7.12. The molecular weight excluding hydrogens is 280 g/mol. The fourth-order valence-electron chi connectivity index (χ4n) is 1.60. The van der Waals surface area contributed by atoms with E-state index in [1.54, 1.807) is 24.5 Å². The van der Waals surface area contributed by atoms with E-state index in [2.05, 4.69) is 4.98 Å². The summed E-state index contributed by atoms with van der Waals surface area (Å²) in [7, 11) is 3.76. The van der Waals surface area contributed by atoms with E-state index in [0.717, 1.165) is 5.56 Å². The summed E-state index contributed by atoms with van der Waals surface area (Å²) in [6.07, 6.45) is 3.41. The molecule has 0 aliphatic rings. The first-order valence-corrected chi connectivity index (χ1v) is 6.92. The molecule has 0 spiro atoms. The van der Waals surface area contributed by atoms with Gasteiger partial charge in [-0.2, -0.15) is 0 Å². The summed E-state index contributed by atoms with van der Waals surface area (Å²) in [5, 5.41) is 2.30. The number of rotatable bonds is 4.